The van der Waals surface area contributed by atoms with Crippen LogP contribution in [0.5, 0.6) is 0 Å². The van der Waals surface area contributed by atoms with Crippen LogP contribution in [-0.4, -0.2) is 27.6 Å². The lowest BCUT2D eigenvalue weighted by Gasteiger charge is -2.21. The summed E-state index contributed by atoms with van der Waals surface area (Å²) in [4.78, 5) is 4.52. The van der Waals surface area contributed by atoms with Gasteiger partial charge in [-0.2, -0.15) is 0 Å². The van der Waals surface area contributed by atoms with Crippen LogP contribution in [-0.2, 0) is 6.54 Å². The molecule has 0 amide bonds. The van der Waals surface area contributed by atoms with Gasteiger partial charge >= 0.3 is 0 Å². The van der Waals surface area contributed by atoms with E-state index in [1.165, 1.54) is 5.69 Å². The van der Waals surface area contributed by atoms with E-state index in [2.05, 4.69) is 14.7 Å². The molecule has 2 N–H and O–H groups in total. The molecule has 18 heavy (non-hydrogen) atoms. The average molecular weight is 247 g/mol. The highest BCUT2D eigenvalue weighted by Crippen LogP contribution is 2.14. The largest absolute Gasteiger partial charge is 0.396 e. The number of fused-ring (bicyclic) bond motifs is 1. The van der Waals surface area contributed by atoms with E-state index in [-0.39, 0.29) is 12.0 Å². The van der Waals surface area contributed by atoms with Crippen molar-refractivity contribution in [3.05, 3.63) is 35.8 Å². The molecule has 0 spiro atoms. The SMILES string of the molecule is Cc1nc2ccccn2c1CNCC(C)(C)CO. The molecule has 0 aromatic carbocycles. The maximum atomic E-state index is 9.22. The second kappa shape index (κ2) is 5.08. The Labute approximate surface area is 108 Å². The van der Waals surface area contributed by atoms with Gasteiger partial charge in [0, 0.05) is 31.3 Å². The normalized spacial score (nSPS) is 12.2. The number of nitrogens with zero attached hydrogens (tertiary/aromatic N) is 2. The Bertz CT molecular complexity index is 531. The number of aromatic nitrogens is 2. The molecule has 0 aliphatic heterocycles. The van der Waals surface area contributed by atoms with E-state index < -0.39 is 0 Å². The number of hydrogen-bond acceptors (Lipinski definition) is 3. The molecule has 0 fully saturated rings. The molecule has 4 heteroatoms. The van der Waals surface area contributed by atoms with Crippen molar-refractivity contribution in [2.45, 2.75) is 27.3 Å². The third-order valence-electron chi connectivity index (χ3n) is 3.15. The van der Waals surface area contributed by atoms with Crippen molar-refractivity contribution in [3.8, 4) is 0 Å². The summed E-state index contributed by atoms with van der Waals surface area (Å²) in [5, 5.41) is 12.6. The molecule has 0 bridgehead atoms. The van der Waals surface area contributed by atoms with Crippen molar-refractivity contribution in [2.24, 2.45) is 5.41 Å². The number of nitrogens with one attached hydrogen (secondary N) is 1. The lowest BCUT2D eigenvalue weighted by Crippen LogP contribution is -2.32. The highest BCUT2D eigenvalue weighted by atomic mass is 16.3. The van der Waals surface area contributed by atoms with Gasteiger partial charge in [0.2, 0.25) is 0 Å². The number of imidazole rings is 1. The molecule has 2 aromatic rings. The predicted molar refractivity (Wildman–Crippen MR) is 72.5 cm³/mol. The van der Waals surface area contributed by atoms with Crippen LogP contribution in [0.4, 0.5) is 0 Å². The van der Waals surface area contributed by atoms with Crippen LogP contribution in [0.3, 0.4) is 0 Å². The van der Waals surface area contributed by atoms with Crippen molar-refractivity contribution in [2.75, 3.05) is 13.2 Å². The van der Waals surface area contributed by atoms with E-state index in [9.17, 15) is 5.11 Å². The van der Waals surface area contributed by atoms with E-state index in [0.717, 1.165) is 24.4 Å². The molecular formula is C14H21N3O. The Hall–Kier alpha value is -1.39. The fourth-order valence-electron chi connectivity index (χ4n) is 1.95. The van der Waals surface area contributed by atoms with Crippen molar-refractivity contribution in [1.29, 1.82) is 0 Å². The van der Waals surface area contributed by atoms with Gasteiger partial charge in [-0.3, -0.25) is 0 Å². The van der Waals surface area contributed by atoms with Crippen LogP contribution in [0.25, 0.3) is 5.65 Å². The Morgan fingerprint density at radius 1 is 1.39 bits per heavy atom. The molecule has 0 aliphatic rings. The maximum absolute atomic E-state index is 9.22. The first-order valence-electron chi connectivity index (χ1n) is 6.28. The Kier molecular flexibility index (Phi) is 3.68. The quantitative estimate of drug-likeness (QED) is 0.846. The van der Waals surface area contributed by atoms with E-state index in [4.69, 9.17) is 0 Å². The van der Waals surface area contributed by atoms with Gasteiger partial charge in [0.1, 0.15) is 5.65 Å². The zero-order chi connectivity index (χ0) is 13.2. The molecule has 0 atom stereocenters. The van der Waals surface area contributed by atoms with E-state index in [1.54, 1.807) is 0 Å². The number of aliphatic hydroxyl groups excluding tert-OH is 1. The minimum atomic E-state index is -0.0889. The van der Waals surface area contributed by atoms with Gasteiger partial charge in [-0.1, -0.05) is 19.9 Å². The van der Waals surface area contributed by atoms with E-state index in [0.29, 0.717) is 0 Å². The highest BCUT2D eigenvalue weighted by Gasteiger charge is 2.16. The van der Waals surface area contributed by atoms with E-state index >= 15 is 0 Å². The number of rotatable bonds is 5. The average Bonchev–Trinajstić information content (AvgIpc) is 2.66. The highest BCUT2D eigenvalue weighted by molar-refractivity contribution is 5.42. The summed E-state index contributed by atoms with van der Waals surface area (Å²) in [6.07, 6.45) is 2.03. The summed E-state index contributed by atoms with van der Waals surface area (Å²) in [5.41, 5.74) is 3.12. The summed E-state index contributed by atoms with van der Waals surface area (Å²) >= 11 is 0. The first-order valence-corrected chi connectivity index (χ1v) is 6.28. The Balaban J connectivity index is 2.10. The maximum Gasteiger partial charge on any atom is 0.137 e. The van der Waals surface area contributed by atoms with Crippen molar-refractivity contribution >= 4 is 5.65 Å². The minimum Gasteiger partial charge on any atom is -0.396 e. The van der Waals surface area contributed by atoms with Gasteiger partial charge in [-0.15, -0.1) is 0 Å². The number of aryl methyl sites for hydroxylation is 1. The minimum absolute atomic E-state index is 0.0889. The van der Waals surface area contributed by atoms with Gasteiger partial charge < -0.3 is 14.8 Å². The third-order valence-corrected chi connectivity index (χ3v) is 3.15. The topological polar surface area (TPSA) is 49.6 Å². The molecule has 0 radical (unpaired) electrons. The monoisotopic (exact) mass is 247 g/mol. The molecule has 2 aromatic heterocycles. The molecule has 4 nitrogen and oxygen atoms in total. The summed E-state index contributed by atoms with van der Waals surface area (Å²) < 4.78 is 2.11. The lowest BCUT2D eigenvalue weighted by molar-refractivity contribution is 0.156. The van der Waals surface area contributed by atoms with Crippen molar-refractivity contribution in [1.82, 2.24) is 14.7 Å². The first kappa shape index (κ1) is 13.1. The van der Waals surface area contributed by atoms with Crippen molar-refractivity contribution < 1.29 is 5.11 Å². The molecule has 0 saturated heterocycles. The van der Waals surface area contributed by atoms with Gasteiger partial charge in [0.25, 0.3) is 0 Å². The predicted octanol–water partition coefficient (Wildman–Crippen LogP) is 1.75. The zero-order valence-electron chi connectivity index (χ0n) is 11.3. The Morgan fingerprint density at radius 3 is 2.89 bits per heavy atom. The second-order valence-electron chi connectivity index (χ2n) is 5.50. The molecule has 2 heterocycles. The summed E-state index contributed by atoms with van der Waals surface area (Å²) in [5.74, 6) is 0. The van der Waals surface area contributed by atoms with Crippen LogP contribution in [0.15, 0.2) is 24.4 Å². The van der Waals surface area contributed by atoms with Gasteiger partial charge in [0.05, 0.1) is 11.4 Å². The number of hydrogen-bond donors (Lipinski definition) is 2. The van der Waals surface area contributed by atoms with E-state index in [1.807, 2.05) is 45.2 Å². The summed E-state index contributed by atoms with van der Waals surface area (Å²) in [6.45, 7) is 7.85. The molecule has 98 valence electrons. The molecule has 0 saturated carbocycles. The standard InChI is InChI=1S/C14H21N3O/c1-11-12(8-15-9-14(2,3)10-18)17-7-5-4-6-13(17)16-11/h4-7,15,18H,8-10H2,1-3H3. The second-order valence-corrected chi connectivity index (χ2v) is 5.50. The molecule has 0 aliphatic carbocycles. The Morgan fingerprint density at radius 2 is 2.17 bits per heavy atom. The van der Waals surface area contributed by atoms with Crippen LogP contribution in [0.2, 0.25) is 0 Å². The first-order chi connectivity index (χ1) is 8.53. The fraction of sp³-hybridized carbons (Fsp3) is 0.500. The lowest BCUT2D eigenvalue weighted by atomic mass is 9.95. The van der Waals surface area contributed by atoms with Crippen molar-refractivity contribution in [3.63, 3.8) is 0 Å². The number of pyridine rings is 1. The summed E-state index contributed by atoms with van der Waals surface area (Å²) in [7, 11) is 0. The third kappa shape index (κ3) is 2.71. The van der Waals surface area contributed by atoms with Crippen LogP contribution in [0, 0.1) is 12.3 Å². The van der Waals surface area contributed by atoms with Gasteiger partial charge in [0.15, 0.2) is 0 Å². The van der Waals surface area contributed by atoms with Gasteiger partial charge in [-0.25, -0.2) is 4.98 Å². The zero-order valence-corrected chi connectivity index (χ0v) is 11.3. The van der Waals surface area contributed by atoms with Crippen LogP contribution < -0.4 is 5.32 Å². The summed E-state index contributed by atoms with van der Waals surface area (Å²) in [6, 6.07) is 6.01. The fourth-order valence-corrected chi connectivity index (χ4v) is 1.95. The smallest absolute Gasteiger partial charge is 0.137 e. The van der Waals surface area contributed by atoms with Crippen LogP contribution in [0.1, 0.15) is 25.2 Å². The van der Waals surface area contributed by atoms with Gasteiger partial charge in [-0.05, 0) is 19.1 Å². The van der Waals surface area contributed by atoms with Crippen LogP contribution >= 0.6 is 0 Å². The number of aliphatic hydroxyl groups is 1. The molecule has 2 rings (SSSR count). The molecular weight excluding hydrogens is 226 g/mol. The molecule has 0 unspecified atom stereocenters.